The van der Waals surface area contributed by atoms with Crippen LogP contribution < -0.4 is 5.32 Å². The van der Waals surface area contributed by atoms with Crippen LogP contribution >= 0.6 is 0 Å². The van der Waals surface area contributed by atoms with Gasteiger partial charge in [0.25, 0.3) is 0 Å². The van der Waals surface area contributed by atoms with Crippen molar-refractivity contribution in [1.82, 2.24) is 5.32 Å². The molecule has 2 N–H and O–H groups in total. The topological polar surface area (TPSA) is 49.3 Å². The van der Waals surface area contributed by atoms with Gasteiger partial charge < -0.3 is 10.4 Å². The molecule has 1 saturated carbocycles. The predicted molar refractivity (Wildman–Crippen MR) is 65.8 cm³/mol. The molecule has 0 aliphatic heterocycles. The largest absolute Gasteiger partial charge is 0.480 e. The standard InChI is InChI=1S/C13H22F3NO2/c1-8(2)6-11(12(18)19)17-10-5-3-4-9(7-10)13(14,15)16/h8-11,17H,3-7H2,1-2H3,(H,18,19). The average molecular weight is 281 g/mol. The van der Waals surface area contributed by atoms with Gasteiger partial charge in [0, 0.05) is 6.04 Å². The van der Waals surface area contributed by atoms with Crippen LogP contribution in [-0.2, 0) is 4.79 Å². The van der Waals surface area contributed by atoms with E-state index in [9.17, 15) is 18.0 Å². The molecule has 1 aliphatic rings. The fourth-order valence-electron chi connectivity index (χ4n) is 2.63. The van der Waals surface area contributed by atoms with Gasteiger partial charge in [0.05, 0.1) is 5.92 Å². The van der Waals surface area contributed by atoms with Crippen molar-refractivity contribution in [3.8, 4) is 0 Å². The molecule has 0 amide bonds. The highest BCUT2D eigenvalue weighted by molar-refractivity contribution is 5.73. The van der Waals surface area contributed by atoms with E-state index < -0.39 is 24.1 Å². The van der Waals surface area contributed by atoms with Crippen LogP contribution in [0.2, 0.25) is 0 Å². The van der Waals surface area contributed by atoms with E-state index in [0.29, 0.717) is 19.3 Å². The number of carboxylic acids is 1. The summed E-state index contributed by atoms with van der Waals surface area (Å²) in [4.78, 5) is 11.1. The third kappa shape index (κ3) is 5.38. The molecule has 1 fully saturated rings. The minimum Gasteiger partial charge on any atom is -0.480 e. The van der Waals surface area contributed by atoms with Gasteiger partial charge in [-0.2, -0.15) is 13.2 Å². The summed E-state index contributed by atoms with van der Waals surface area (Å²) in [6.07, 6.45) is -2.47. The van der Waals surface area contributed by atoms with Gasteiger partial charge in [0.1, 0.15) is 6.04 Å². The van der Waals surface area contributed by atoms with Gasteiger partial charge in [-0.05, 0) is 31.6 Å². The molecule has 0 saturated heterocycles. The Kier molecular flexibility index (Phi) is 5.64. The van der Waals surface area contributed by atoms with Gasteiger partial charge in [-0.15, -0.1) is 0 Å². The molecule has 0 aromatic heterocycles. The number of hydrogen-bond donors (Lipinski definition) is 2. The Bertz CT molecular complexity index is 305. The monoisotopic (exact) mass is 281 g/mol. The van der Waals surface area contributed by atoms with Gasteiger partial charge >= 0.3 is 12.1 Å². The first-order valence-corrected chi connectivity index (χ1v) is 6.75. The molecule has 0 bridgehead atoms. The molecule has 19 heavy (non-hydrogen) atoms. The smallest absolute Gasteiger partial charge is 0.391 e. The Labute approximate surface area is 111 Å². The number of rotatable bonds is 5. The van der Waals surface area contributed by atoms with Crippen molar-refractivity contribution in [2.45, 2.75) is 64.2 Å². The van der Waals surface area contributed by atoms with E-state index in [-0.39, 0.29) is 24.8 Å². The van der Waals surface area contributed by atoms with Gasteiger partial charge in [0.2, 0.25) is 0 Å². The van der Waals surface area contributed by atoms with Crippen molar-refractivity contribution in [2.75, 3.05) is 0 Å². The second kappa shape index (κ2) is 6.59. The van der Waals surface area contributed by atoms with Crippen molar-refractivity contribution >= 4 is 5.97 Å². The molecule has 1 aliphatic carbocycles. The van der Waals surface area contributed by atoms with Crippen LogP contribution in [0.25, 0.3) is 0 Å². The van der Waals surface area contributed by atoms with Gasteiger partial charge in [-0.1, -0.05) is 20.3 Å². The first-order chi connectivity index (χ1) is 8.70. The summed E-state index contributed by atoms with van der Waals surface area (Å²) < 4.78 is 38.0. The van der Waals surface area contributed by atoms with E-state index in [1.807, 2.05) is 13.8 Å². The zero-order valence-corrected chi connectivity index (χ0v) is 11.3. The van der Waals surface area contributed by atoms with Crippen molar-refractivity contribution in [3.63, 3.8) is 0 Å². The van der Waals surface area contributed by atoms with Crippen LogP contribution in [-0.4, -0.2) is 29.3 Å². The minimum atomic E-state index is -4.17. The maximum absolute atomic E-state index is 12.7. The summed E-state index contributed by atoms with van der Waals surface area (Å²) >= 11 is 0. The van der Waals surface area contributed by atoms with E-state index in [4.69, 9.17) is 5.11 Å². The van der Waals surface area contributed by atoms with E-state index in [1.165, 1.54) is 0 Å². The summed E-state index contributed by atoms with van der Waals surface area (Å²) in [5.74, 6) is -2.09. The second-order valence-electron chi connectivity index (χ2n) is 5.79. The molecule has 0 heterocycles. The van der Waals surface area contributed by atoms with Crippen molar-refractivity contribution < 1.29 is 23.1 Å². The molecule has 3 nitrogen and oxygen atoms in total. The lowest BCUT2D eigenvalue weighted by Crippen LogP contribution is -2.47. The summed E-state index contributed by atoms with van der Waals surface area (Å²) in [6, 6.07) is -1.10. The Morgan fingerprint density at radius 3 is 2.47 bits per heavy atom. The summed E-state index contributed by atoms with van der Waals surface area (Å²) in [7, 11) is 0. The first-order valence-electron chi connectivity index (χ1n) is 6.75. The number of alkyl halides is 3. The Morgan fingerprint density at radius 1 is 1.37 bits per heavy atom. The third-order valence-corrected chi connectivity index (χ3v) is 3.58. The molecule has 1 rings (SSSR count). The zero-order valence-electron chi connectivity index (χ0n) is 11.3. The van der Waals surface area contributed by atoms with E-state index >= 15 is 0 Å². The molecule has 0 aromatic rings. The van der Waals surface area contributed by atoms with Crippen LogP contribution in [0.15, 0.2) is 0 Å². The van der Waals surface area contributed by atoms with Crippen LogP contribution in [0.5, 0.6) is 0 Å². The van der Waals surface area contributed by atoms with E-state index in [1.54, 1.807) is 0 Å². The number of carboxylic acid groups (broad SMARTS) is 1. The average Bonchev–Trinajstić information content (AvgIpc) is 2.26. The number of hydrogen-bond acceptors (Lipinski definition) is 2. The summed E-state index contributed by atoms with van der Waals surface area (Å²) in [5, 5.41) is 12.0. The molecular formula is C13H22F3NO2. The molecule has 0 radical (unpaired) electrons. The lowest BCUT2D eigenvalue weighted by molar-refractivity contribution is -0.184. The van der Waals surface area contributed by atoms with Crippen LogP contribution in [0.1, 0.15) is 46.0 Å². The number of nitrogens with one attached hydrogen (secondary N) is 1. The van der Waals surface area contributed by atoms with Crippen LogP contribution in [0, 0.1) is 11.8 Å². The molecule has 3 atom stereocenters. The number of aliphatic carboxylic acids is 1. The Balaban J connectivity index is 2.57. The molecule has 6 heteroatoms. The fraction of sp³-hybridized carbons (Fsp3) is 0.923. The molecule has 112 valence electrons. The molecule has 0 aromatic carbocycles. The highest BCUT2D eigenvalue weighted by Crippen LogP contribution is 2.37. The fourth-order valence-corrected chi connectivity index (χ4v) is 2.63. The van der Waals surface area contributed by atoms with Crippen LogP contribution in [0.3, 0.4) is 0 Å². The van der Waals surface area contributed by atoms with Gasteiger partial charge in [0.15, 0.2) is 0 Å². The normalized spacial score (nSPS) is 26.4. The lowest BCUT2D eigenvalue weighted by atomic mass is 9.84. The Morgan fingerprint density at radius 2 is 2.00 bits per heavy atom. The second-order valence-corrected chi connectivity index (χ2v) is 5.79. The summed E-state index contributed by atoms with van der Waals surface area (Å²) in [5.41, 5.74) is 0. The van der Waals surface area contributed by atoms with E-state index in [2.05, 4.69) is 5.32 Å². The molecule has 0 spiro atoms. The minimum absolute atomic E-state index is 0.00856. The molecular weight excluding hydrogens is 259 g/mol. The quantitative estimate of drug-likeness (QED) is 0.813. The highest BCUT2D eigenvalue weighted by atomic mass is 19.4. The maximum Gasteiger partial charge on any atom is 0.391 e. The van der Waals surface area contributed by atoms with Gasteiger partial charge in [-0.3, -0.25) is 4.79 Å². The van der Waals surface area contributed by atoms with Crippen LogP contribution in [0.4, 0.5) is 13.2 Å². The summed E-state index contributed by atoms with van der Waals surface area (Å²) in [6.45, 7) is 3.80. The molecule has 3 unspecified atom stereocenters. The van der Waals surface area contributed by atoms with E-state index in [0.717, 1.165) is 0 Å². The Hall–Kier alpha value is -0.780. The lowest BCUT2D eigenvalue weighted by Gasteiger charge is -2.33. The van der Waals surface area contributed by atoms with Crippen molar-refractivity contribution in [2.24, 2.45) is 11.8 Å². The van der Waals surface area contributed by atoms with Crippen molar-refractivity contribution in [3.05, 3.63) is 0 Å². The van der Waals surface area contributed by atoms with Crippen molar-refractivity contribution in [1.29, 1.82) is 0 Å². The SMILES string of the molecule is CC(C)CC(NC1CCCC(C(F)(F)F)C1)C(=O)O. The third-order valence-electron chi connectivity index (χ3n) is 3.58. The maximum atomic E-state index is 12.7. The van der Waals surface area contributed by atoms with Gasteiger partial charge in [-0.25, -0.2) is 0 Å². The zero-order chi connectivity index (χ0) is 14.6. The predicted octanol–water partition coefficient (Wildman–Crippen LogP) is 3.20. The first kappa shape index (κ1) is 16.3. The number of halogens is 3. The number of carbonyl (C=O) groups is 1. The highest BCUT2D eigenvalue weighted by Gasteiger charge is 2.42.